The molecule has 0 aliphatic heterocycles. The number of aromatic nitrogens is 2. The highest BCUT2D eigenvalue weighted by Gasteiger charge is 2.18. The third-order valence-corrected chi connectivity index (χ3v) is 5.02. The number of fused-ring (bicyclic) bond motifs is 1. The van der Waals surface area contributed by atoms with E-state index in [0.29, 0.717) is 5.69 Å². The number of amides is 1. The van der Waals surface area contributed by atoms with Gasteiger partial charge >= 0.3 is 5.97 Å². The number of aromatic amines is 1. The Morgan fingerprint density at radius 2 is 1.96 bits per heavy atom. The van der Waals surface area contributed by atoms with Gasteiger partial charge in [-0.05, 0) is 18.4 Å². The fraction of sp³-hybridized carbons (Fsp3) is 0.200. The van der Waals surface area contributed by atoms with Gasteiger partial charge in [-0.2, -0.15) is 0 Å². The molecule has 28 heavy (non-hydrogen) atoms. The van der Waals surface area contributed by atoms with Crippen molar-refractivity contribution < 1.29 is 14.3 Å². The number of carbonyl (C=O) groups excluding carboxylic acids is 2. The van der Waals surface area contributed by atoms with E-state index in [1.54, 1.807) is 6.92 Å². The molecule has 0 aliphatic rings. The molecule has 1 heterocycles. The SMILES string of the molecule is COC(=O)Cc1cc(=O)[nH]c(S[C@@H](C)C(=O)Nc2cccc3ccccc23)n1. The third-order valence-electron chi connectivity index (χ3n) is 4.03. The summed E-state index contributed by atoms with van der Waals surface area (Å²) in [7, 11) is 1.27. The van der Waals surface area contributed by atoms with Crippen molar-refractivity contribution in [3.8, 4) is 0 Å². The number of ether oxygens (including phenoxy) is 1. The van der Waals surface area contributed by atoms with Gasteiger partial charge in [0.2, 0.25) is 5.91 Å². The van der Waals surface area contributed by atoms with Crippen LogP contribution in [0.1, 0.15) is 12.6 Å². The lowest BCUT2D eigenvalue weighted by atomic mass is 10.1. The Hall–Kier alpha value is -3.13. The molecule has 8 heteroatoms. The van der Waals surface area contributed by atoms with E-state index in [9.17, 15) is 14.4 Å². The molecule has 2 N–H and O–H groups in total. The summed E-state index contributed by atoms with van der Waals surface area (Å²) in [4.78, 5) is 42.6. The summed E-state index contributed by atoms with van der Waals surface area (Å²) in [5, 5.41) is 4.65. The van der Waals surface area contributed by atoms with Crippen molar-refractivity contribution in [2.45, 2.75) is 23.8 Å². The zero-order valence-electron chi connectivity index (χ0n) is 15.4. The topological polar surface area (TPSA) is 101 Å². The van der Waals surface area contributed by atoms with Gasteiger partial charge in [0.25, 0.3) is 5.56 Å². The number of methoxy groups -OCH3 is 1. The van der Waals surface area contributed by atoms with Crippen LogP contribution in [0.3, 0.4) is 0 Å². The number of hydrogen-bond acceptors (Lipinski definition) is 6. The normalized spacial score (nSPS) is 11.8. The highest BCUT2D eigenvalue weighted by molar-refractivity contribution is 8.00. The largest absolute Gasteiger partial charge is 0.469 e. The quantitative estimate of drug-likeness (QED) is 0.377. The van der Waals surface area contributed by atoms with E-state index in [0.717, 1.165) is 28.2 Å². The summed E-state index contributed by atoms with van der Waals surface area (Å²) >= 11 is 1.11. The molecule has 1 aromatic heterocycles. The van der Waals surface area contributed by atoms with Gasteiger partial charge in [-0.1, -0.05) is 48.2 Å². The van der Waals surface area contributed by atoms with Gasteiger partial charge in [0.1, 0.15) is 0 Å². The minimum Gasteiger partial charge on any atom is -0.469 e. The monoisotopic (exact) mass is 397 g/mol. The molecule has 1 amide bonds. The lowest BCUT2D eigenvalue weighted by Gasteiger charge is -2.13. The van der Waals surface area contributed by atoms with Crippen molar-refractivity contribution in [3.63, 3.8) is 0 Å². The molecule has 1 atom stereocenters. The molecular weight excluding hydrogens is 378 g/mol. The Morgan fingerprint density at radius 1 is 1.21 bits per heavy atom. The molecule has 7 nitrogen and oxygen atoms in total. The van der Waals surface area contributed by atoms with E-state index in [1.807, 2.05) is 42.5 Å². The van der Waals surface area contributed by atoms with Crippen LogP contribution in [0.4, 0.5) is 5.69 Å². The van der Waals surface area contributed by atoms with Gasteiger partial charge in [-0.3, -0.25) is 14.4 Å². The van der Waals surface area contributed by atoms with Crippen LogP contribution < -0.4 is 10.9 Å². The van der Waals surface area contributed by atoms with Crippen LogP contribution in [0, 0.1) is 0 Å². The second kappa shape index (κ2) is 8.71. The molecule has 2 aromatic carbocycles. The Kier molecular flexibility index (Phi) is 6.10. The molecule has 0 saturated carbocycles. The summed E-state index contributed by atoms with van der Waals surface area (Å²) in [5.74, 6) is -0.710. The molecule has 144 valence electrons. The van der Waals surface area contributed by atoms with Crippen LogP contribution in [0.5, 0.6) is 0 Å². The number of hydrogen-bond donors (Lipinski definition) is 2. The second-order valence-electron chi connectivity index (χ2n) is 6.07. The summed E-state index contributed by atoms with van der Waals surface area (Å²) in [5.41, 5.74) is 0.620. The van der Waals surface area contributed by atoms with Crippen molar-refractivity contribution in [3.05, 3.63) is 64.6 Å². The molecule has 0 fully saturated rings. The summed E-state index contributed by atoms with van der Waals surface area (Å²) in [6.07, 6.45) is -0.107. The smallest absolute Gasteiger partial charge is 0.311 e. The summed E-state index contributed by atoms with van der Waals surface area (Å²) in [6.45, 7) is 1.72. The van der Waals surface area contributed by atoms with Crippen molar-refractivity contribution in [1.82, 2.24) is 9.97 Å². The van der Waals surface area contributed by atoms with Crippen LogP contribution in [0.15, 0.2) is 58.5 Å². The minimum absolute atomic E-state index is 0.107. The van der Waals surface area contributed by atoms with Crippen molar-refractivity contribution in [2.24, 2.45) is 0 Å². The maximum atomic E-state index is 12.6. The fourth-order valence-electron chi connectivity index (χ4n) is 2.64. The number of rotatable bonds is 6. The molecule has 3 rings (SSSR count). The first kappa shape index (κ1) is 19.6. The molecule has 0 saturated heterocycles. The van der Waals surface area contributed by atoms with E-state index >= 15 is 0 Å². The van der Waals surface area contributed by atoms with Crippen LogP contribution in [0.2, 0.25) is 0 Å². The number of nitrogens with one attached hydrogen (secondary N) is 2. The predicted molar refractivity (Wildman–Crippen MR) is 108 cm³/mol. The van der Waals surface area contributed by atoms with E-state index in [1.165, 1.54) is 13.2 Å². The van der Waals surface area contributed by atoms with Crippen molar-refractivity contribution >= 4 is 40.1 Å². The number of esters is 1. The fourth-order valence-corrected chi connectivity index (χ4v) is 3.47. The Morgan fingerprint density at radius 3 is 2.75 bits per heavy atom. The van der Waals surface area contributed by atoms with Gasteiger partial charge in [0.15, 0.2) is 5.16 Å². The highest BCUT2D eigenvalue weighted by Crippen LogP contribution is 2.25. The Labute approximate surface area is 165 Å². The zero-order valence-corrected chi connectivity index (χ0v) is 16.2. The lowest BCUT2D eigenvalue weighted by Crippen LogP contribution is -2.23. The average Bonchev–Trinajstić information content (AvgIpc) is 2.67. The first-order chi connectivity index (χ1) is 13.5. The van der Waals surface area contributed by atoms with E-state index < -0.39 is 16.8 Å². The lowest BCUT2D eigenvalue weighted by molar-refractivity contribution is -0.139. The second-order valence-corrected chi connectivity index (χ2v) is 7.40. The number of anilines is 1. The van der Waals surface area contributed by atoms with Crippen LogP contribution in [-0.4, -0.2) is 34.2 Å². The van der Waals surface area contributed by atoms with Gasteiger partial charge in [-0.25, -0.2) is 4.98 Å². The Bertz CT molecular complexity index is 1070. The number of thioether (sulfide) groups is 1. The maximum absolute atomic E-state index is 12.6. The first-order valence-corrected chi connectivity index (χ1v) is 9.46. The predicted octanol–water partition coefficient (Wildman–Crippen LogP) is 2.76. The van der Waals surface area contributed by atoms with Gasteiger partial charge in [-0.15, -0.1) is 0 Å². The van der Waals surface area contributed by atoms with Crippen LogP contribution in [-0.2, 0) is 20.7 Å². The van der Waals surface area contributed by atoms with E-state index in [4.69, 9.17) is 0 Å². The first-order valence-electron chi connectivity index (χ1n) is 8.58. The average molecular weight is 397 g/mol. The molecule has 0 radical (unpaired) electrons. The third kappa shape index (κ3) is 4.77. The van der Waals surface area contributed by atoms with Gasteiger partial charge in [0.05, 0.1) is 24.5 Å². The van der Waals surface area contributed by atoms with Gasteiger partial charge < -0.3 is 15.0 Å². The van der Waals surface area contributed by atoms with Crippen LogP contribution in [0.25, 0.3) is 10.8 Å². The molecule has 0 spiro atoms. The minimum atomic E-state index is -0.518. The molecular formula is C20H19N3O4S. The Balaban J connectivity index is 1.74. The summed E-state index contributed by atoms with van der Waals surface area (Å²) < 4.78 is 4.59. The number of carbonyl (C=O) groups is 2. The van der Waals surface area contributed by atoms with Crippen molar-refractivity contribution in [1.29, 1.82) is 0 Å². The van der Waals surface area contributed by atoms with Crippen molar-refractivity contribution in [2.75, 3.05) is 12.4 Å². The van der Waals surface area contributed by atoms with E-state index in [2.05, 4.69) is 20.0 Å². The molecule has 0 aliphatic carbocycles. The molecule has 0 unspecified atom stereocenters. The van der Waals surface area contributed by atoms with Gasteiger partial charge in [0, 0.05) is 17.1 Å². The maximum Gasteiger partial charge on any atom is 0.311 e. The zero-order chi connectivity index (χ0) is 20.1. The highest BCUT2D eigenvalue weighted by atomic mass is 32.2. The number of benzene rings is 2. The standard InChI is InChI=1S/C20H19N3O4S/c1-12(28-20-21-14(10-17(24)23-20)11-18(25)27-2)19(26)22-16-9-5-7-13-6-3-4-8-15(13)16/h3-10,12H,11H2,1-2H3,(H,22,26)(H,21,23,24)/t12-/m0/s1. The number of nitrogens with zero attached hydrogens (tertiary/aromatic N) is 1. The van der Waals surface area contributed by atoms with Crippen LogP contribution >= 0.6 is 11.8 Å². The number of H-pyrrole nitrogens is 1. The summed E-state index contributed by atoms with van der Waals surface area (Å²) in [6, 6.07) is 14.7. The van der Waals surface area contributed by atoms with E-state index in [-0.39, 0.29) is 17.5 Å². The molecule has 3 aromatic rings. The molecule has 0 bridgehead atoms.